The van der Waals surface area contributed by atoms with Crippen LogP contribution < -0.4 is 15.8 Å². The van der Waals surface area contributed by atoms with Gasteiger partial charge in [0.15, 0.2) is 0 Å². The molecule has 0 unspecified atom stereocenters. The maximum atomic E-state index is 10.2. The van der Waals surface area contributed by atoms with E-state index in [9.17, 15) is 4.79 Å². The van der Waals surface area contributed by atoms with Gasteiger partial charge in [-0.05, 0) is 0 Å². The molecule has 0 fully saturated rings. The van der Waals surface area contributed by atoms with Crippen LogP contribution in [0.25, 0.3) is 0 Å². The molecule has 0 saturated carbocycles. The van der Waals surface area contributed by atoms with Gasteiger partial charge in [0, 0.05) is 6.54 Å². The summed E-state index contributed by atoms with van der Waals surface area (Å²) in [5, 5.41) is 14.7. The molecule has 0 aliphatic carbocycles. The van der Waals surface area contributed by atoms with E-state index < -0.39 is 6.09 Å². The van der Waals surface area contributed by atoms with Crippen LogP contribution in [-0.2, 0) is 35.0 Å². The van der Waals surface area contributed by atoms with Gasteiger partial charge in [0.2, 0.25) is 0 Å². The van der Waals surface area contributed by atoms with Crippen molar-refractivity contribution in [3.63, 3.8) is 0 Å². The minimum Gasteiger partial charge on any atom is -0.478 e. The first-order chi connectivity index (χ1) is 15.6. The van der Waals surface area contributed by atoms with Crippen LogP contribution in [0.2, 0.25) is 0 Å². The Morgan fingerprint density at radius 2 is 1.31 bits per heavy atom. The first kappa shape index (κ1) is 27.9. The van der Waals surface area contributed by atoms with Crippen LogP contribution in [-0.4, -0.2) is 114 Å². The third kappa shape index (κ3) is 15.6. The third-order valence-corrected chi connectivity index (χ3v) is 3.80. The topological polar surface area (TPSA) is 158 Å². The van der Waals surface area contributed by atoms with Gasteiger partial charge in [0.1, 0.15) is 5.69 Å². The van der Waals surface area contributed by atoms with Gasteiger partial charge < -0.3 is 49.3 Å². The summed E-state index contributed by atoms with van der Waals surface area (Å²) in [7, 11) is 1.53. The highest BCUT2D eigenvalue weighted by Gasteiger charge is 2.04. The summed E-state index contributed by atoms with van der Waals surface area (Å²) in [5.74, 6) is 0.415. The molecule has 1 rings (SSSR count). The van der Waals surface area contributed by atoms with Gasteiger partial charge >= 0.3 is 6.09 Å². The Hall–Kier alpha value is -2.16. The average molecular weight is 465 g/mol. The molecule has 32 heavy (non-hydrogen) atoms. The fourth-order valence-corrected chi connectivity index (χ4v) is 2.28. The summed E-state index contributed by atoms with van der Waals surface area (Å²) in [4.78, 5) is 10.2. The van der Waals surface area contributed by atoms with Crippen LogP contribution in [0, 0.1) is 0 Å². The van der Waals surface area contributed by atoms with Gasteiger partial charge in [0.05, 0.1) is 99.1 Å². The molecule has 0 aromatic carbocycles. The van der Waals surface area contributed by atoms with E-state index in [4.69, 9.17) is 44.0 Å². The lowest BCUT2D eigenvalue weighted by Gasteiger charge is -2.08. The van der Waals surface area contributed by atoms with Crippen LogP contribution in [0.5, 0.6) is 5.88 Å². The first-order valence-electron chi connectivity index (χ1n) is 10.4. The molecule has 0 bridgehead atoms. The number of rotatable bonds is 22. The van der Waals surface area contributed by atoms with Gasteiger partial charge in [-0.1, -0.05) is 0 Å². The van der Waals surface area contributed by atoms with Gasteiger partial charge in [-0.3, -0.25) is 4.68 Å². The van der Waals surface area contributed by atoms with Crippen molar-refractivity contribution in [2.24, 2.45) is 0 Å². The van der Waals surface area contributed by atoms with E-state index >= 15 is 0 Å². The zero-order chi connectivity index (χ0) is 23.3. The zero-order valence-electron chi connectivity index (χ0n) is 18.7. The van der Waals surface area contributed by atoms with Crippen molar-refractivity contribution in [2.45, 2.75) is 6.54 Å². The molecule has 1 aromatic rings. The quantitative estimate of drug-likeness (QED) is 0.196. The highest BCUT2D eigenvalue weighted by molar-refractivity contribution is 5.64. The summed E-state index contributed by atoms with van der Waals surface area (Å²) >= 11 is 0. The molecule has 0 aliphatic rings. The standard InChI is InChI=1S/C19H36N4O9/c1-26-18-17(20)16-23(22-18)3-5-28-7-9-30-11-13-32-15-14-31-12-10-29-8-6-27-4-2-21-19(24)25/h16,21H,2-15,20H2,1H3,(H,24,25). The molecule has 1 aromatic heterocycles. The lowest BCUT2D eigenvalue weighted by Crippen LogP contribution is -2.25. The third-order valence-electron chi connectivity index (χ3n) is 3.80. The van der Waals surface area contributed by atoms with Crippen LogP contribution >= 0.6 is 0 Å². The molecule has 0 spiro atoms. The molecule has 0 aliphatic heterocycles. The molecule has 0 atom stereocenters. The number of amides is 1. The van der Waals surface area contributed by atoms with Crippen molar-refractivity contribution in [3.8, 4) is 5.88 Å². The SMILES string of the molecule is COc1nn(CCOCCOCCOCCOCCOCCOCCNC(=O)O)cc1N. The summed E-state index contributed by atoms with van der Waals surface area (Å²) in [6, 6.07) is 0. The second-order valence-electron chi connectivity index (χ2n) is 6.26. The van der Waals surface area contributed by atoms with Crippen LogP contribution in [0.4, 0.5) is 10.5 Å². The lowest BCUT2D eigenvalue weighted by molar-refractivity contribution is -0.0169. The van der Waals surface area contributed by atoms with E-state index in [2.05, 4.69) is 10.4 Å². The highest BCUT2D eigenvalue weighted by atomic mass is 16.6. The van der Waals surface area contributed by atoms with Crippen molar-refractivity contribution in [1.29, 1.82) is 0 Å². The maximum absolute atomic E-state index is 10.2. The molecule has 4 N–H and O–H groups in total. The number of aromatic nitrogens is 2. The summed E-state index contributed by atoms with van der Waals surface area (Å²) in [6.45, 7) is 6.34. The molecular formula is C19H36N4O9. The van der Waals surface area contributed by atoms with Crippen molar-refractivity contribution in [3.05, 3.63) is 6.20 Å². The predicted molar refractivity (Wildman–Crippen MR) is 114 cm³/mol. The highest BCUT2D eigenvalue weighted by Crippen LogP contribution is 2.16. The minimum atomic E-state index is -1.06. The second kappa shape index (κ2) is 19.5. The molecule has 1 amide bonds. The predicted octanol–water partition coefficient (Wildman–Crippen LogP) is -0.159. The smallest absolute Gasteiger partial charge is 0.404 e. The fraction of sp³-hybridized carbons (Fsp3) is 0.789. The van der Waals surface area contributed by atoms with Gasteiger partial charge in [-0.2, -0.15) is 0 Å². The van der Waals surface area contributed by atoms with Crippen LogP contribution in [0.1, 0.15) is 0 Å². The van der Waals surface area contributed by atoms with E-state index in [0.29, 0.717) is 97.4 Å². The van der Waals surface area contributed by atoms with E-state index in [1.165, 1.54) is 7.11 Å². The van der Waals surface area contributed by atoms with Gasteiger partial charge in [-0.15, -0.1) is 5.10 Å². The van der Waals surface area contributed by atoms with Crippen molar-refractivity contribution in [1.82, 2.24) is 15.1 Å². The molecular weight excluding hydrogens is 428 g/mol. The number of anilines is 1. The van der Waals surface area contributed by atoms with Crippen LogP contribution in [0.3, 0.4) is 0 Å². The summed E-state index contributed by atoms with van der Waals surface area (Å²) < 4.78 is 38.9. The minimum absolute atomic E-state index is 0.261. The Morgan fingerprint density at radius 3 is 1.72 bits per heavy atom. The molecule has 13 nitrogen and oxygen atoms in total. The van der Waals surface area contributed by atoms with Crippen LogP contribution in [0.15, 0.2) is 6.20 Å². The molecule has 186 valence electrons. The molecule has 0 saturated heterocycles. The Kier molecular flexibility index (Phi) is 17.0. The number of ether oxygens (including phenoxy) is 7. The number of hydrogen-bond donors (Lipinski definition) is 3. The second-order valence-corrected chi connectivity index (χ2v) is 6.26. The average Bonchev–Trinajstić information content (AvgIpc) is 3.14. The van der Waals surface area contributed by atoms with Gasteiger partial charge in [0.25, 0.3) is 5.88 Å². The number of nitrogens with two attached hydrogens (primary N) is 1. The Bertz CT molecular complexity index is 589. The Labute approximate surface area is 188 Å². The first-order valence-corrected chi connectivity index (χ1v) is 10.4. The number of carboxylic acid groups (broad SMARTS) is 1. The number of nitrogens with one attached hydrogen (secondary N) is 1. The lowest BCUT2D eigenvalue weighted by atomic mass is 10.6. The zero-order valence-corrected chi connectivity index (χ0v) is 18.7. The van der Waals surface area contributed by atoms with E-state index in [1.54, 1.807) is 10.9 Å². The normalized spacial score (nSPS) is 11.0. The summed E-state index contributed by atoms with van der Waals surface area (Å²) in [5.41, 5.74) is 6.22. The Balaban J connectivity index is 1.72. The van der Waals surface area contributed by atoms with Crippen molar-refractivity contribution in [2.75, 3.05) is 98.7 Å². The fourth-order valence-electron chi connectivity index (χ4n) is 2.28. The van der Waals surface area contributed by atoms with Crippen molar-refractivity contribution < 1.29 is 43.1 Å². The monoisotopic (exact) mass is 464 g/mol. The molecule has 1 heterocycles. The molecule has 13 heteroatoms. The van der Waals surface area contributed by atoms with Gasteiger partial charge in [-0.25, -0.2) is 4.79 Å². The van der Waals surface area contributed by atoms with E-state index in [-0.39, 0.29) is 6.54 Å². The number of nitrogens with zero attached hydrogens (tertiary/aromatic N) is 2. The Morgan fingerprint density at radius 1 is 0.875 bits per heavy atom. The number of hydrogen-bond acceptors (Lipinski definition) is 10. The maximum Gasteiger partial charge on any atom is 0.404 e. The summed E-state index contributed by atoms with van der Waals surface area (Å²) in [6.07, 6.45) is 0.644. The number of nitrogen functional groups attached to an aromatic ring is 1. The number of carbonyl (C=O) groups is 1. The number of methoxy groups -OCH3 is 1. The van der Waals surface area contributed by atoms with E-state index in [0.717, 1.165) is 0 Å². The van der Waals surface area contributed by atoms with E-state index in [1.807, 2.05) is 0 Å². The van der Waals surface area contributed by atoms with Crippen molar-refractivity contribution >= 4 is 11.8 Å². The largest absolute Gasteiger partial charge is 0.478 e. The molecule has 0 radical (unpaired) electrons.